The van der Waals surface area contributed by atoms with Gasteiger partial charge in [-0.15, -0.1) is 0 Å². The van der Waals surface area contributed by atoms with E-state index < -0.39 is 38.5 Å². The van der Waals surface area contributed by atoms with Crippen LogP contribution < -0.4 is 9.62 Å². The molecule has 1 fully saturated rings. The fourth-order valence-corrected chi connectivity index (χ4v) is 4.00. The van der Waals surface area contributed by atoms with Crippen LogP contribution in [-0.2, 0) is 14.8 Å². The highest BCUT2D eigenvalue weighted by Crippen LogP contribution is 2.24. The van der Waals surface area contributed by atoms with Crippen molar-refractivity contribution >= 4 is 21.6 Å². The Balaban J connectivity index is 1.79. The van der Waals surface area contributed by atoms with Gasteiger partial charge in [-0.1, -0.05) is 17.7 Å². The van der Waals surface area contributed by atoms with Gasteiger partial charge in [-0.2, -0.15) is 4.72 Å². The second-order valence-electron chi connectivity index (χ2n) is 5.86. The molecule has 3 rings (SSSR count). The van der Waals surface area contributed by atoms with Crippen molar-refractivity contribution in [2.45, 2.75) is 24.3 Å². The molecule has 0 aromatic heterocycles. The van der Waals surface area contributed by atoms with E-state index in [-0.39, 0.29) is 6.42 Å². The summed E-state index contributed by atoms with van der Waals surface area (Å²) >= 11 is 0. The number of benzene rings is 2. The Labute approximate surface area is 144 Å². The van der Waals surface area contributed by atoms with Gasteiger partial charge >= 0.3 is 0 Å². The third kappa shape index (κ3) is 3.54. The maximum atomic E-state index is 13.7. The standard InChI is InChI=1S/C17H16F2N2O3S/c1-11-2-5-13(6-3-11)21-9-8-15(17(21)22)20-25(23,24)16-7-4-12(18)10-14(16)19/h2-7,10,15,20H,8-9H2,1H3. The number of amides is 1. The van der Waals surface area contributed by atoms with Gasteiger partial charge in [0.2, 0.25) is 15.9 Å². The fraction of sp³-hybridized carbons (Fsp3) is 0.235. The van der Waals surface area contributed by atoms with Crippen LogP contribution in [0, 0.1) is 18.6 Å². The molecule has 8 heteroatoms. The number of halogens is 2. The molecular weight excluding hydrogens is 350 g/mol. The normalized spacial score (nSPS) is 18.0. The topological polar surface area (TPSA) is 66.5 Å². The number of hydrogen-bond donors (Lipinski definition) is 1. The number of carbonyl (C=O) groups excluding carboxylic acids is 1. The molecule has 0 radical (unpaired) electrons. The van der Waals surface area contributed by atoms with Gasteiger partial charge in [0.1, 0.15) is 22.6 Å². The van der Waals surface area contributed by atoms with E-state index in [4.69, 9.17) is 0 Å². The fourth-order valence-electron chi connectivity index (χ4n) is 2.71. The van der Waals surface area contributed by atoms with Crippen LogP contribution in [0.1, 0.15) is 12.0 Å². The number of hydrogen-bond acceptors (Lipinski definition) is 3. The molecule has 0 spiro atoms. The van der Waals surface area contributed by atoms with Gasteiger partial charge in [-0.25, -0.2) is 17.2 Å². The highest BCUT2D eigenvalue weighted by molar-refractivity contribution is 7.89. The van der Waals surface area contributed by atoms with E-state index in [0.717, 1.165) is 17.7 Å². The minimum Gasteiger partial charge on any atom is -0.311 e. The van der Waals surface area contributed by atoms with Gasteiger partial charge in [0.05, 0.1) is 0 Å². The van der Waals surface area contributed by atoms with Crippen LogP contribution in [0.4, 0.5) is 14.5 Å². The number of anilines is 1. The number of rotatable bonds is 4. The van der Waals surface area contributed by atoms with Crippen molar-refractivity contribution in [1.82, 2.24) is 4.72 Å². The lowest BCUT2D eigenvalue weighted by molar-refractivity contribution is -0.118. The number of sulfonamides is 1. The Hall–Kier alpha value is -2.32. The Morgan fingerprint density at radius 3 is 2.44 bits per heavy atom. The van der Waals surface area contributed by atoms with Crippen LogP contribution in [0.2, 0.25) is 0 Å². The molecular formula is C17H16F2N2O3S. The number of carbonyl (C=O) groups is 1. The first-order valence-corrected chi connectivity index (χ1v) is 9.12. The van der Waals surface area contributed by atoms with Crippen molar-refractivity contribution in [2.24, 2.45) is 0 Å². The Bertz CT molecular complexity index is 914. The van der Waals surface area contributed by atoms with Crippen LogP contribution in [0.25, 0.3) is 0 Å². The van der Waals surface area contributed by atoms with Crippen LogP contribution in [0.15, 0.2) is 47.4 Å². The molecule has 1 aliphatic heterocycles. The SMILES string of the molecule is Cc1ccc(N2CCC(NS(=O)(=O)c3ccc(F)cc3F)C2=O)cc1. The lowest BCUT2D eigenvalue weighted by Crippen LogP contribution is -2.41. The van der Waals surface area contributed by atoms with E-state index >= 15 is 0 Å². The summed E-state index contributed by atoms with van der Waals surface area (Å²) < 4.78 is 53.5. The van der Waals surface area contributed by atoms with Gasteiger partial charge in [0.15, 0.2) is 0 Å². The average molecular weight is 366 g/mol. The zero-order valence-electron chi connectivity index (χ0n) is 13.4. The largest absolute Gasteiger partial charge is 0.311 e. The van der Waals surface area contributed by atoms with Crippen LogP contribution in [0.3, 0.4) is 0 Å². The molecule has 1 atom stereocenters. The summed E-state index contributed by atoms with van der Waals surface area (Å²) in [6.07, 6.45) is 0.259. The molecule has 1 aliphatic rings. The third-order valence-corrected chi connectivity index (χ3v) is 5.54. The maximum Gasteiger partial charge on any atom is 0.245 e. The highest BCUT2D eigenvalue weighted by Gasteiger charge is 2.36. The molecule has 132 valence electrons. The summed E-state index contributed by atoms with van der Waals surface area (Å²) in [5.74, 6) is -2.48. The number of nitrogens with zero attached hydrogens (tertiary/aromatic N) is 1. The summed E-state index contributed by atoms with van der Waals surface area (Å²) in [6.45, 7) is 2.27. The molecule has 1 unspecified atom stereocenters. The Kier molecular flexibility index (Phi) is 4.57. The molecule has 25 heavy (non-hydrogen) atoms. The Morgan fingerprint density at radius 1 is 1.12 bits per heavy atom. The van der Waals surface area contributed by atoms with Crippen LogP contribution in [0.5, 0.6) is 0 Å². The highest BCUT2D eigenvalue weighted by atomic mass is 32.2. The molecule has 5 nitrogen and oxygen atoms in total. The molecule has 0 bridgehead atoms. The minimum atomic E-state index is -4.28. The summed E-state index contributed by atoms with van der Waals surface area (Å²) in [6, 6.07) is 8.46. The molecule has 1 heterocycles. The van der Waals surface area contributed by atoms with E-state index in [1.807, 2.05) is 19.1 Å². The Morgan fingerprint density at radius 2 is 1.80 bits per heavy atom. The van der Waals surface area contributed by atoms with Crippen molar-refractivity contribution in [3.63, 3.8) is 0 Å². The number of nitrogens with one attached hydrogen (secondary N) is 1. The van der Waals surface area contributed by atoms with Crippen molar-refractivity contribution in [1.29, 1.82) is 0 Å². The second-order valence-corrected chi connectivity index (χ2v) is 7.55. The molecule has 1 N–H and O–H groups in total. The average Bonchev–Trinajstić information content (AvgIpc) is 2.88. The zero-order valence-corrected chi connectivity index (χ0v) is 14.2. The van der Waals surface area contributed by atoms with Crippen molar-refractivity contribution in [2.75, 3.05) is 11.4 Å². The van der Waals surface area contributed by atoms with Gasteiger partial charge in [0.25, 0.3) is 0 Å². The molecule has 0 saturated carbocycles. The van der Waals surface area contributed by atoms with Gasteiger partial charge in [-0.05, 0) is 37.6 Å². The van der Waals surface area contributed by atoms with Gasteiger partial charge in [0, 0.05) is 18.3 Å². The number of aryl methyl sites for hydroxylation is 1. The molecule has 2 aromatic carbocycles. The predicted molar refractivity (Wildman–Crippen MR) is 88.6 cm³/mol. The lowest BCUT2D eigenvalue weighted by atomic mass is 10.2. The van der Waals surface area contributed by atoms with Crippen molar-refractivity contribution < 1.29 is 22.0 Å². The third-order valence-electron chi connectivity index (χ3n) is 4.03. The summed E-state index contributed by atoms with van der Waals surface area (Å²) in [4.78, 5) is 13.3. The van der Waals surface area contributed by atoms with E-state index in [1.165, 1.54) is 4.90 Å². The first-order chi connectivity index (χ1) is 11.8. The molecule has 1 amide bonds. The van der Waals surface area contributed by atoms with Crippen molar-refractivity contribution in [3.8, 4) is 0 Å². The molecule has 2 aromatic rings. The van der Waals surface area contributed by atoms with E-state index in [1.54, 1.807) is 12.1 Å². The first kappa shape index (κ1) is 17.5. The van der Waals surface area contributed by atoms with E-state index in [2.05, 4.69) is 4.72 Å². The lowest BCUT2D eigenvalue weighted by Gasteiger charge is -2.17. The monoisotopic (exact) mass is 366 g/mol. The van der Waals surface area contributed by atoms with Crippen molar-refractivity contribution in [3.05, 3.63) is 59.7 Å². The van der Waals surface area contributed by atoms with E-state index in [9.17, 15) is 22.0 Å². The van der Waals surface area contributed by atoms with Gasteiger partial charge in [-0.3, -0.25) is 4.79 Å². The second kappa shape index (κ2) is 6.53. The zero-order chi connectivity index (χ0) is 18.2. The summed E-state index contributed by atoms with van der Waals surface area (Å²) in [7, 11) is -4.28. The van der Waals surface area contributed by atoms with E-state index in [0.29, 0.717) is 18.3 Å². The predicted octanol–water partition coefficient (Wildman–Crippen LogP) is 2.36. The van der Waals surface area contributed by atoms with Crippen LogP contribution in [-0.4, -0.2) is 26.9 Å². The summed E-state index contributed by atoms with van der Waals surface area (Å²) in [5, 5.41) is 0. The summed E-state index contributed by atoms with van der Waals surface area (Å²) in [5.41, 5.74) is 1.71. The van der Waals surface area contributed by atoms with Gasteiger partial charge < -0.3 is 4.90 Å². The first-order valence-electron chi connectivity index (χ1n) is 7.63. The molecule has 0 aliphatic carbocycles. The quantitative estimate of drug-likeness (QED) is 0.903. The maximum absolute atomic E-state index is 13.7. The van der Waals surface area contributed by atoms with Crippen LogP contribution >= 0.6 is 0 Å². The smallest absolute Gasteiger partial charge is 0.245 e. The minimum absolute atomic E-state index is 0.259. The molecule has 1 saturated heterocycles.